The Kier molecular flexibility index (Phi) is 5.62. The van der Waals surface area contributed by atoms with Crippen LogP contribution in [-0.2, 0) is 16.1 Å². The van der Waals surface area contributed by atoms with Gasteiger partial charge in [0.2, 0.25) is 5.91 Å². The number of hydrogen-bond donors (Lipinski definition) is 1. The van der Waals surface area contributed by atoms with E-state index in [4.69, 9.17) is 4.74 Å². The molecule has 0 unspecified atom stereocenters. The average Bonchev–Trinajstić information content (AvgIpc) is 2.48. The Bertz CT molecular complexity index is 468. The summed E-state index contributed by atoms with van der Waals surface area (Å²) in [6.45, 7) is 6.54. The second-order valence-electron chi connectivity index (χ2n) is 6.01. The normalized spacial score (nSPS) is 17.6. The van der Waals surface area contributed by atoms with E-state index in [1.807, 2.05) is 36.1 Å². The summed E-state index contributed by atoms with van der Waals surface area (Å²) in [6, 6.07) is 7.83. The molecule has 1 atom stereocenters. The molecule has 1 aromatic carbocycles. The first-order chi connectivity index (χ1) is 10.1. The standard InChI is InChI=1S/C17H26N2O2/c1-13-7-9-19(10-8-13)17(20)14(2)18-16-6-4-5-15(11-16)12-21-3/h4-6,11,13-14,18H,7-10,12H2,1-3H3/t14-/m1/s1. The largest absolute Gasteiger partial charge is 0.380 e. The van der Waals surface area contributed by atoms with E-state index in [2.05, 4.69) is 12.2 Å². The van der Waals surface area contributed by atoms with Crippen molar-refractivity contribution in [2.24, 2.45) is 5.92 Å². The van der Waals surface area contributed by atoms with Crippen LogP contribution in [0.2, 0.25) is 0 Å². The third kappa shape index (κ3) is 4.46. The summed E-state index contributed by atoms with van der Waals surface area (Å²) in [4.78, 5) is 14.4. The number of amides is 1. The highest BCUT2D eigenvalue weighted by atomic mass is 16.5. The Labute approximate surface area is 127 Å². The van der Waals surface area contributed by atoms with Crippen molar-refractivity contribution in [3.63, 3.8) is 0 Å². The summed E-state index contributed by atoms with van der Waals surface area (Å²) < 4.78 is 5.14. The van der Waals surface area contributed by atoms with Gasteiger partial charge >= 0.3 is 0 Å². The monoisotopic (exact) mass is 290 g/mol. The van der Waals surface area contributed by atoms with Crippen molar-refractivity contribution in [3.8, 4) is 0 Å². The SMILES string of the molecule is COCc1cccc(N[C@H](C)C(=O)N2CCC(C)CC2)c1. The van der Waals surface area contributed by atoms with Gasteiger partial charge in [0.1, 0.15) is 6.04 Å². The van der Waals surface area contributed by atoms with Gasteiger partial charge in [-0.15, -0.1) is 0 Å². The van der Waals surface area contributed by atoms with Crippen LogP contribution in [0.4, 0.5) is 5.69 Å². The summed E-state index contributed by atoms with van der Waals surface area (Å²) in [6.07, 6.45) is 2.23. The Morgan fingerprint density at radius 3 is 2.81 bits per heavy atom. The lowest BCUT2D eigenvalue weighted by Gasteiger charge is -2.32. The quantitative estimate of drug-likeness (QED) is 0.906. The summed E-state index contributed by atoms with van der Waals surface area (Å²) >= 11 is 0. The van der Waals surface area contributed by atoms with Crippen LogP contribution in [0.1, 0.15) is 32.3 Å². The minimum absolute atomic E-state index is 0.194. The van der Waals surface area contributed by atoms with Gasteiger partial charge in [-0.1, -0.05) is 19.1 Å². The zero-order valence-electron chi connectivity index (χ0n) is 13.3. The molecule has 0 radical (unpaired) electrons. The molecule has 0 spiro atoms. The maximum absolute atomic E-state index is 12.5. The van der Waals surface area contributed by atoms with Crippen molar-refractivity contribution in [2.75, 3.05) is 25.5 Å². The van der Waals surface area contributed by atoms with Gasteiger partial charge in [-0.3, -0.25) is 4.79 Å². The van der Waals surface area contributed by atoms with E-state index in [9.17, 15) is 4.79 Å². The van der Waals surface area contributed by atoms with Gasteiger partial charge in [-0.25, -0.2) is 0 Å². The van der Waals surface area contributed by atoms with Crippen molar-refractivity contribution in [2.45, 2.75) is 39.3 Å². The van der Waals surface area contributed by atoms with E-state index in [-0.39, 0.29) is 11.9 Å². The van der Waals surface area contributed by atoms with Crippen LogP contribution in [0.3, 0.4) is 0 Å². The van der Waals surface area contributed by atoms with Crippen molar-refractivity contribution in [1.29, 1.82) is 0 Å². The molecule has 1 saturated heterocycles. The number of rotatable bonds is 5. The van der Waals surface area contributed by atoms with Crippen LogP contribution in [0.5, 0.6) is 0 Å². The maximum atomic E-state index is 12.5. The fourth-order valence-electron chi connectivity index (χ4n) is 2.73. The molecule has 1 aliphatic heterocycles. The molecule has 0 aromatic heterocycles. The minimum Gasteiger partial charge on any atom is -0.380 e. The van der Waals surface area contributed by atoms with Crippen molar-refractivity contribution >= 4 is 11.6 Å². The smallest absolute Gasteiger partial charge is 0.244 e. The third-order valence-electron chi connectivity index (χ3n) is 4.09. The first-order valence-electron chi connectivity index (χ1n) is 7.73. The van der Waals surface area contributed by atoms with Gasteiger partial charge in [0.05, 0.1) is 6.61 Å². The number of nitrogens with one attached hydrogen (secondary N) is 1. The summed E-state index contributed by atoms with van der Waals surface area (Å²) in [5.41, 5.74) is 2.07. The lowest BCUT2D eigenvalue weighted by molar-refractivity contribution is -0.132. The number of carbonyl (C=O) groups is 1. The van der Waals surface area contributed by atoms with Gasteiger partial charge in [-0.2, -0.15) is 0 Å². The number of hydrogen-bond acceptors (Lipinski definition) is 3. The zero-order chi connectivity index (χ0) is 15.2. The second-order valence-corrected chi connectivity index (χ2v) is 6.01. The number of carbonyl (C=O) groups excluding carboxylic acids is 1. The van der Waals surface area contributed by atoms with Gasteiger partial charge in [0, 0.05) is 25.9 Å². The highest BCUT2D eigenvalue weighted by Crippen LogP contribution is 2.18. The van der Waals surface area contributed by atoms with E-state index in [0.717, 1.165) is 43.1 Å². The molecular weight excluding hydrogens is 264 g/mol. The lowest BCUT2D eigenvalue weighted by atomic mass is 9.99. The van der Waals surface area contributed by atoms with Crippen molar-refractivity contribution in [1.82, 2.24) is 4.90 Å². The van der Waals surface area contributed by atoms with Crippen LogP contribution in [0.25, 0.3) is 0 Å². The van der Waals surface area contributed by atoms with Crippen LogP contribution < -0.4 is 5.32 Å². The first kappa shape index (κ1) is 15.8. The molecule has 1 aromatic rings. The Morgan fingerprint density at radius 2 is 2.14 bits per heavy atom. The molecule has 2 rings (SSSR count). The molecule has 1 amide bonds. The Morgan fingerprint density at radius 1 is 1.43 bits per heavy atom. The topological polar surface area (TPSA) is 41.6 Å². The average molecular weight is 290 g/mol. The number of piperidine rings is 1. The third-order valence-corrected chi connectivity index (χ3v) is 4.09. The van der Waals surface area contributed by atoms with E-state index in [1.54, 1.807) is 7.11 Å². The number of ether oxygens (including phenoxy) is 1. The fraction of sp³-hybridized carbons (Fsp3) is 0.588. The van der Waals surface area contributed by atoms with E-state index in [1.165, 1.54) is 0 Å². The lowest BCUT2D eigenvalue weighted by Crippen LogP contribution is -2.45. The van der Waals surface area contributed by atoms with Gasteiger partial charge in [-0.05, 0) is 43.4 Å². The molecule has 1 N–H and O–H groups in total. The molecule has 1 aliphatic rings. The number of nitrogens with zero attached hydrogens (tertiary/aromatic N) is 1. The molecule has 0 bridgehead atoms. The summed E-state index contributed by atoms with van der Waals surface area (Å²) in [7, 11) is 1.68. The first-order valence-corrected chi connectivity index (χ1v) is 7.73. The number of likely N-dealkylation sites (tertiary alicyclic amines) is 1. The molecule has 4 heteroatoms. The van der Waals surface area contributed by atoms with Gasteiger partial charge in [0.25, 0.3) is 0 Å². The van der Waals surface area contributed by atoms with Crippen molar-refractivity contribution < 1.29 is 9.53 Å². The maximum Gasteiger partial charge on any atom is 0.244 e. The predicted octanol–water partition coefficient (Wildman–Crippen LogP) is 2.89. The molecule has 1 heterocycles. The zero-order valence-corrected chi connectivity index (χ0v) is 13.3. The highest BCUT2D eigenvalue weighted by molar-refractivity contribution is 5.84. The van der Waals surface area contributed by atoms with Crippen LogP contribution in [-0.4, -0.2) is 37.0 Å². The van der Waals surface area contributed by atoms with E-state index >= 15 is 0 Å². The van der Waals surface area contributed by atoms with Crippen LogP contribution in [0, 0.1) is 5.92 Å². The fourth-order valence-corrected chi connectivity index (χ4v) is 2.73. The number of anilines is 1. The molecule has 0 aliphatic carbocycles. The molecule has 21 heavy (non-hydrogen) atoms. The number of benzene rings is 1. The van der Waals surface area contributed by atoms with Crippen molar-refractivity contribution in [3.05, 3.63) is 29.8 Å². The summed E-state index contributed by atoms with van der Waals surface area (Å²) in [5, 5.41) is 3.30. The predicted molar refractivity (Wildman–Crippen MR) is 85.2 cm³/mol. The van der Waals surface area contributed by atoms with Gasteiger partial charge in [0.15, 0.2) is 0 Å². The minimum atomic E-state index is -0.198. The van der Waals surface area contributed by atoms with Crippen LogP contribution >= 0.6 is 0 Å². The second kappa shape index (κ2) is 7.46. The Hall–Kier alpha value is -1.55. The van der Waals surface area contributed by atoms with E-state index in [0.29, 0.717) is 6.61 Å². The number of methoxy groups -OCH3 is 1. The summed E-state index contributed by atoms with van der Waals surface area (Å²) in [5.74, 6) is 0.932. The molecule has 4 nitrogen and oxygen atoms in total. The molecule has 116 valence electrons. The van der Waals surface area contributed by atoms with Gasteiger partial charge < -0.3 is 15.0 Å². The molecular formula is C17H26N2O2. The Balaban J connectivity index is 1.92. The van der Waals surface area contributed by atoms with E-state index < -0.39 is 0 Å². The highest BCUT2D eigenvalue weighted by Gasteiger charge is 2.24. The molecule has 1 fully saturated rings. The van der Waals surface area contributed by atoms with Crippen LogP contribution in [0.15, 0.2) is 24.3 Å². The molecule has 0 saturated carbocycles.